The smallest absolute Gasteiger partial charge is 0.130 e. The van der Waals surface area contributed by atoms with Crippen LogP contribution in [0.3, 0.4) is 0 Å². The zero-order chi connectivity index (χ0) is 21.2. The van der Waals surface area contributed by atoms with Crippen LogP contribution in [0.25, 0.3) is 10.8 Å². The van der Waals surface area contributed by atoms with Gasteiger partial charge in [-0.2, -0.15) is 0 Å². The summed E-state index contributed by atoms with van der Waals surface area (Å²) in [5, 5.41) is 25.2. The number of benzene rings is 2. The van der Waals surface area contributed by atoms with E-state index in [1.807, 2.05) is 0 Å². The molecule has 2 aromatic rings. The van der Waals surface area contributed by atoms with Gasteiger partial charge in [0.1, 0.15) is 11.5 Å². The average molecular weight is 429 g/mol. The van der Waals surface area contributed by atoms with Crippen molar-refractivity contribution in [2.24, 2.45) is 35.5 Å². The average Bonchev–Trinajstić information content (AvgIpc) is 2.71. The zero-order valence-corrected chi connectivity index (χ0v) is 19.2. The number of rotatable bonds is 2. The predicted octanol–water partition coefficient (Wildman–Crippen LogP) is 7.19. The van der Waals surface area contributed by atoms with Gasteiger partial charge in [-0.15, -0.1) is 0 Å². The third-order valence-corrected chi connectivity index (χ3v) is 11.4. The molecule has 10 rings (SSSR count). The van der Waals surface area contributed by atoms with Gasteiger partial charge in [0.15, 0.2) is 0 Å². The van der Waals surface area contributed by atoms with E-state index in [1.54, 1.807) is 0 Å². The van der Waals surface area contributed by atoms with Crippen molar-refractivity contribution in [3.8, 4) is 11.5 Å². The fourth-order valence-electron chi connectivity index (χ4n) is 11.1. The van der Waals surface area contributed by atoms with Gasteiger partial charge in [-0.05, 0) is 129 Å². The van der Waals surface area contributed by atoms with E-state index in [-0.39, 0.29) is 10.8 Å². The minimum Gasteiger partial charge on any atom is -0.507 e. The first-order valence-electron chi connectivity index (χ1n) is 13.5. The summed E-state index contributed by atoms with van der Waals surface area (Å²) >= 11 is 0. The molecule has 8 aliphatic rings. The van der Waals surface area contributed by atoms with E-state index in [2.05, 4.69) is 24.3 Å². The molecular weight excluding hydrogens is 392 g/mol. The van der Waals surface area contributed by atoms with Crippen LogP contribution in [0, 0.1) is 35.5 Å². The van der Waals surface area contributed by atoms with Crippen molar-refractivity contribution >= 4 is 10.8 Å². The van der Waals surface area contributed by atoms with Gasteiger partial charge in [-0.1, -0.05) is 24.3 Å². The molecule has 0 unspecified atom stereocenters. The van der Waals surface area contributed by atoms with Crippen molar-refractivity contribution in [1.29, 1.82) is 0 Å². The third-order valence-electron chi connectivity index (χ3n) is 11.4. The molecule has 168 valence electrons. The van der Waals surface area contributed by atoms with Crippen LogP contribution < -0.4 is 0 Å². The predicted molar refractivity (Wildman–Crippen MR) is 127 cm³/mol. The van der Waals surface area contributed by atoms with Crippen LogP contribution in [-0.2, 0) is 10.8 Å². The van der Waals surface area contributed by atoms with Crippen LogP contribution in [0.5, 0.6) is 11.5 Å². The number of fused-ring (bicyclic) bond motifs is 1. The second kappa shape index (κ2) is 6.05. The summed E-state index contributed by atoms with van der Waals surface area (Å²) in [7, 11) is 0. The van der Waals surface area contributed by atoms with Gasteiger partial charge in [0.25, 0.3) is 0 Å². The Bertz CT molecular complexity index is 972. The summed E-state index contributed by atoms with van der Waals surface area (Å²) in [6.07, 6.45) is 15.9. The highest BCUT2D eigenvalue weighted by molar-refractivity contribution is 5.96. The lowest BCUT2D eigenvalue weighted by Gasteiger charge is -2.57. The van der Waals surface area contributed by atoms with Crippen LogP contribution in [0.4, 0.5) is 0 Å². The third kappa shape index (κ3) is 2.37. The Kier molecular flexibility index (Phi) is 3.53. The molecular formula is C30H36O2. The van der Waals surface area contributed by atoms with Crippen molar-refractivity contribution in [3.63, 3.8) is 0 Å². The molecule has 2 heteroatoms. The van der Waals surface area contributed by atoms with Crippen molar-refractivity contribution in [3.05, 3.63) is 35.4 Å². The lowest BCUT2D eigenvalue weighted by Crippen LogP contribution is -2.48. The zero-order valence-electron chi connectivity index (χ0n) is 19.2. The standard InChI is InChI=1S/C30H36O2/c31-27-24(29-11-17-5-18(12-29)7-19(6-17)13-29)3-1-23-2-4-25(28(32)26(23)27)30-14-20-8-21(15-30)10-22(9-20)16-30/h1-4,17-22,31-32H,5-16H2. The Morgan fingerprint density at radius 1 is 0.500 bits per heavy atom. The summed E-state index contributed by atoms with van der Waals surface area (Å²) in [5.41, 5.74) is 2.61. The first-order valence-corrected chi connectivity index (χ1v) is 13.5. The molecule has 32 heavy (non-hydrogen) atoms. The number of hydrogen-bond donors (Lipinski definition) is 2. The lowest BCUT2D eigenvalue weighted by atomic mass is 9.47. The molecule has 0 radical (unpaired) electrons. The maximum atomic E-state index is 11.7. The molecule has 8 bridgehead atoms. The summed E-state index contributed by atoms with van der Waals surface area (Å²) in [6, 6.07) is 8.81. The summed E-state index contributed by atoms with van der Waals surface area (Å²) in [5.74, 6) is 5.92. The van der Waals surface area contributed by atoms with Crippen LogP contribution in [0.1, 0.15) is 88.2 Å². The molecule has 2 nitrogen and oxygen atoms in total. The maximum absolute atomic E-state index is 11.7. The van der Waals surface area contributed by atoms with E-state index in [1.165, 1.54) is 77.0 Å². The molecule has 0 spiro atoms. The molecule has 8 saturated carbocycles. The van der Waals surface area contributed by atoms with Crippen LogP contribution in [0.15, 0.2) is 24.3 Å². The van der Waals surface area contributed by atoms with Gasteiger partial charge in [0, 0.05) is 11.1 Å². The van der Waals surface area contributed by atoms with Gasteiger partial charge in [0.05, 0.1) is 5.39 Å². The van der Waals surface area contributed by atoms with E-state index >= 15 is 0 Å². The molecule has 8 aliphatic carbocycles. The van der Waals surface area contributed by atoms with Crippen LogP contribution in [0.2, 0.25) is 0 Å². The summed E-state index contributed by atoms with van der Waals surface area (Å²) in [6.45, 7) is 0. The molecule has 0 saturated heterocycles. The van der Waals surface area contributed by atoms with Gasteiger partial charge in [-0.3, -0.25) is 0 Å². The Morgan fingerprint density at radius 2 is 0.812 bits per heavy atom. The fraction of sp³-hybridized carbons (Fsp3) is 0.667. The molecule has 8 fully saturated rings. The molecule has 0 aromatic heterocycles. The van der Waals surface area contributed by atoms with E-state index in [0.717, 1.165) is 57.4 Å². The highest BCUT2D eigenvalue weighted by Crippen LogP contribution is 2.64. The number of phenols is 2. The topological polar surface area (TPSA) is 40.5 Å². The monoisotopic (exact) mass is 428 g/mol. The van der Waals surface area contributed by atoms with E-state index in [0.29, 0.717) is 11.5 Å². The number of aromatic hydroxyl groups is 2. The second-order valence-electron chi connectivity index (χ2n) is 13.4. The summed E-state index contributed by atoms with van der Waals surface area (Å²) in [4.78, 5) is 0. The van der Waals surface area contributed by atoms with Crippen molar-refractivity contribution in [2.45, 2.75) is 87.9 Å². The lowest BCUT2D eigenvalue weighted by molar-refractivity contribution is -0.00619. The highest BCUT2D eigenvalue weighted by atomic mass is 16.3. The van der Waals surface area contributed by atoms with Crippen LogP contribution >= 0.6 is 0 Å². The quantitative estimate of drug-likeness (QED) is 0.531. The minimum absolute atomic E-state index is 0.149. The first kappa shape index (κ1) is 18.7. The van der Waals surface area contributed by atoms with E-state index < -0.39 is 0 Å². The Balaban J connectivity index is 1.28. The summed E-state index contributed by atoms with van der Waals surface area (Å²) < 4.78 is 0. The van der Waals surface area contributed by atoms with Gasteiger partial charge in [-0.25, -0.2) is 0 Å². The Labute approximate surface area is 191 Å². The van der Waals surface area contributed by atoms with Crippen molar-refractivity contribution < 1.29 is 10.2 Å². The normalized spacial score (nSPS) is 45.8. The maximum Gasteiger partial charge on any atom is 0.130 e. The van der Waals surface area contributed by atoms with Crippen molar-refractivity contribution in [1.82, 2.24) is 0 Å². The molecule has 0 atom stereocenters. The molecule has 0 heterocycles. The Hall–Kier alpha value is -1.70. The molecule has 2 aromatic carbocycles. The van der Waals surface area contributed by atoms with Gasteiger partial charge in [0.2, 0.25) is 0 Å². The number of phenolic OH excluding ortho intramolecular Hbond substituents is 2. The molecule has 0 amide bonds. The second-order valence-corrected chi connectivity index (χ2v) is 13.4. The Morgan fingerprint density at radius 3 is 1.12 bits per heavy atom. The molecule has 2 N–H and O–H groups in total. The first-order chi connectivity index (χ1) is 15.5. The van der Waals surface area contributed by atoms with Gasteiger partial charge >= 0.3 is 0 Å². The largest absolute Gasteiger partial charge is 0.507 e. The fourth-order valence-corrected chi connectivity index (χ4v) is 11.1. The van der Waals surface area contributed by atoms with E-state index in [4.69, 9.17) is 0 Å². The number of hydrogen-bond acceptors (Lipinski definition) is 2. The SMILES string of the molecule is Oc1c(C23CC4CC(CC(C4)C2)C3)ccc2ccc(C34CC5CC(CC(C5)C3)C4)c(O)c12. The highest BCUT2D eigenvalue weighted by Gasteiger charge is 2.54. The molecule has 0 aliphatic heterocycles. The van der Waals surface area contributed by atoms with Gasteiger partial charge < -0.3 is 10.2 Å². The van der Waals surface area contributed by atoms with E-state index in [9.17, 15) is 10.2 Å². The van der Waals surface area contributed by atoms with Crippen LogP contribution in [-0.4, -0.2) is 10.2 Å². The van der Waals surface area contributed by atoms with Crippen molar-refractivity contribution in [2.75, 3.05) is 0 Å². The minimum atomic E-state index is 0.149.